The Bertz CT molecular complexity index is 1380. The standard InChI is InChI=1S/C21H17BrN2O4S/c1-3-24-20(27)15-9-13(22)4-6-16(15)23-21(24)29-10-12-8-18(26)28-19-11(2)17(25)7-5-14(12)19/h4-9,25H,3,10H2,1-2H3. The number of aromatic nitrogens is 2. The van der Waals surface area contributed by atoms with E-state index < -0.39 is 5.63 Å². The number of thioether (sulfide) groups is 1. The molecule has 1 N–H and O–H groups in total. The predicted molar refractivity (Wildman–Crippen MR) is 118 cm³/mol. The SMILES string of the molecule is CCn1c(SCc2cc(=O)oc3c(C)c(O)ccc23)nc2ccc(Br)cc2c1=O. The minimum atomic E-state index is -0.481. The first-order valence-electron chi connectivity index (χ1n) is 8.97. The second kappa shape index (κ2) is 7.68. The molecule has 2 aromatic heterocycles. The first-order chi connectivity index (χ1) is 13.9. The van der Waals surface area contributed by atoms with Crippen molar-refractivity contribution in [2.24, 2.45) is 0 Å². The maximum Gasteiger partial charge on any atom is 0.336 e. The molecule has 2 aromatic carbocycles. The molecule has 0 amide bonds. The smallest absolute Gasteiger partial charge is 0.336 e. The van der Waals surface area contributed by atoms with Gasteiger partial charge in [0.2, 0.25) is 0 Å². The second-order valence-corrected chi connectivity index (χ2v) is 8.43. The van der Waals surface area contributed by atoms with Crippen LogP contribution in [-0.4, -0.2) is 14.7 Å². The molecule has 4 rings (SSSR count). The maximum absolute atomic E-state index is 12.9. The molecule has 6 nitrogen and oxygen atoms in total. The molecular formula is C21H17BrN2O4S. The summed E-state index contributed by atoms with van der Waals surface area (Å²) in [6.07, 6.45) is 0. The summed E-state index contributed by atoms with van der Waals surface area (Å²) in [6, 6.07) is 10.2. The molecule has 2 heterocycles. The first kappa shape index (κ1) is 19.7. The Balaban J connectivity index is 1.79. The van der Waals surface area contributed by atoms with Crippen LogP contribution >= 0.6 is 27.7 Å². The van der Waals surface area contributed by atoms with Crippen molar-refractivity contribution in [2.75, 3.05) is 0 Å². The lowest BCUT2D eigenvalue weighted by atomic mass is 10.1. The van der Waals surface area contributed by atoms with Crippen LogP contribution in [0.4, 0.5) is 0 Å². The van der Waals surface area contributed by atoms with E-state index in [1.165, 1.54) is 17.8 Å². The molecule has 0 aliphatic heterocycles. The molecule has 8 heteroatoms. The third-order valence-electron chi connectivity index (χ3n) is 4.77. The van der Waals surface area contributed by atoms with E-state index in [0.29, 0.717) is 39.5 Å². The Morgan fingerprint density at radius 3 is 2.72 bits per heavy atom. The number of benzene rings is 2. The number of halogens is 1. The van der Waals surface area contributed by atoms with Crippen LogP contribution in [0.5, 0.6) is 5.75 Å². The molecule has 0 fully saturated rings. The van der Waals surface area contributed by atoms with E-state index in [-0.39, 0.29) is 11.3 Å². The van der Waals surface area contributed by atoms with Crippen LogP contribution < -0.4 is 11.2 Å². The average molecular weight is 473 g/mol. The summed E-state index contributed by atoms with van der Waals surface area (Å²) in [7, 11) is 0. The molecule has 0 bridgehead atoms. The summed E-state index contributed by atoms with van der Waals surface area (Å²) in [5, 5.41) is 11.8. The number of hydrogen-bond acceptors (Lipinski definition) is 6. The molecule has 0 spiro atoms. The second-order valence-electron chi connectivity index (χ2n) is 6.57. The van der Waals surface area contributed by atoms with Crippen molar-refractivity contribution in [3.8, 4) is 5.75 Å². The Labute approximate surface area is 178 Å². The van der Waals surface area contributed by atoms with Gasteiger partial charge in [0.1, 0.15) is 11.3 Å². The van der Waals surface area contributed by atoms with E-state index >= 15 is 0 Å². The van der Waals surface area contributed by atoms with E-state index in [4.69, 9.17) is 4.42 Å². The van der Waals surface area contributed by atoms with Crippen LogP contribution in [0.25, 0.3) is 21.9 Å². The third-order valence-corrected chi connectivity index (χ3v) is 6.29. The van der Waals surface area contributed by atoms with Crippen molar-refractivity contribution >= 4 is 49.6 Å². The summed E-state index contributed by atoms with van der Waals surface area (Å²) < 4.78 is 7.75. The Morgan fingerprint density at radius 2 is 1.97 bits per heavy atom. The number of aryl methyl sites for hydroxylation is 1. The van der Waals surface area contributed by atoms with Gasteiger partial charge >= 0.3 is 5.63 Å². The van der Waals surface area contributed by atoms with Gasteiger partial charge in [0.25, 0.3) is 5.56 Å². The maximum atomic E-state index is 12.9. The molecule has 148 valence electrons. The number of aromatic hydroxyl groups is 1. The van der Waals surface area contributed by atoms with Crippen LogP contribution in [0.3, 0.4) is 0 Å². The van der Waals surface area contributed by atoms with Gasteiger partial charge in [-0.05, 0) is 49.7 Å². The largest absolute Gasteiger partial charge is 0.508 e. The van der Waals surface area contributed by atoms with Gasteiger partial charge in [0.05, 0.1) is 10.9 Å². The van der Waals surface area contributed by atoms with Crippen molar-refractivity contribution in [3.05, 3.63) is 72.8 Å². The third kappa shape index (κ3) is 3.58. The molecule has 0 unspecified atom stereocenters. The minimum Gasteiger partial charge on any atom is -0.508 e. The van der Waals surface area contributed by atoms with E-state index in [2.05, 4.69) is 20.9 Å². The quantitative estimate of drug-likeness (QED) is 0.265. The number of nitrogens with zero attached hydrogens (tertiary/aromatic N) is 2. The lowest BCUT2D eigenvalue weighted by Crippen LogP contribution is -2.22. The van der Waals surface area contributed by atoms with E-state index in [9.17, 15) is 14.7 Å². The summed E-state index contributed by atoms with van der Waals surface area (Å²) >= 11 is 4.78. The first-order valence-corrected chi connectivity index (χ1v) is 10.7. The van der Waals surface area contributed by atoms with Gasteiger partial charge < -0.3 is 9.52 Å². The fraction of sp³-hybridized carbons (Fsp3) is 0.190. The summed E-state index contributed by atoms with van der Waals surface area (Å²) in [6.45, 7) is 4.09. The van der Waals surface area contributed by atoms with Crippen molar-refractivity contribution in [1.82, 2.24) is 9.55 Å². The zero-order valence-corrected chi connectivity index (χ0v) is 18.1. The lowest BCUT2D eigenvalue weighted by molar-refractivity contribution is 0.468. The van der Waals surface area contributed by atoms with Gasteiger partial charge in [-0.1, -0.05) is 27.7 Å². The topological polar surface area (TPSA) is 85.3 Å². The van der Waals surface area contributed by atoms with Crippen LogP contribution in [0.1, 0.15) is 18.1 Å². The average Bonchev–Trinajstić information content (AvgIpc) is 2.70. The Hall–Kier alpha value is -2.58. The van der Waals surface area contributed by atoms with Gasteiger partial charge in [0, 0.05) is 33.8 Å². The van der Waals surface area contributed by atoms with Crippen molar-refractivity contribution in [1.29, 1.82) is 0 Å². The fourth-order valence-corrected chi connectivity index (χ4v) is 4.65. The minimum absolute atomic E-state index is 0.0765. The molecule has 4 aromatic rings. The highest BCUT2D eigenvalue weighted by Crippen LogP contribution is 2.30. The number of phenolic OH excluding ortho intramolecular Hbond substituents is 1. The van der Waals surface area contributed by atoms with Gasteiger partial charge in [-0.25, -0.2) is 9.78 Å². The number of fused-ring (bicyclic) bond motifs is 2. The molecule has 0 atom stereocenters. The number of rotatable bonds is 4. The van der Waals surface area contributed by atoms with E-state index in [0.717, 1.165) is 15.4 Å². The van der Waals surface area contributed by atoms with Gasteiger partial charge in [-0.2, -0.15) is 0 Å². The van der Waals surface area contributed by atoms with Crippen LogP contribution in [0.15, 0.2) is 60.0 Å². The number of phenols is 1. The summed E-state index contributed by atoms with van der Waals surface area (Å²) in [4.78, 5) is 29.6. The zero-order valence-electron chi connectivity index (χ0n) is 15.7. The van der Waals surface area contributed by atoms with E-state index in [1.807, 2.05) is 19.1 Å². The van der Waals surface area contributed by atoms with Gasteiger partial charge in [-0.15, -0.1) is 0 Å². The molecule has 0 aliphatic carbocycles. The van der Waals surface area contributed by atoms with Crippen molar-refractivity contribution < 1.29 is 9.52 Å². The van der Waals surface area contributed by atoms with Gasteiger partial charge in [0.15, 0.2) is 5.16 Å². The monoisotopic (exact) mass is 472 g/mol. The molecule has 29 heavy (non-hydrogen) atoms. The van der Waals surface area contributed by atoms with Crippen LogP contribution in [0.2, 0.25) is 0 Å². The highest BCUT2D eigenvalue weighted by atomic mass is 79.9. The molecular weight excluding hydrogens is 456 g/mol. The molecule has 0 radical (unpaired) electrons. The highest BCUT2D eigenvalue weighted by molar-refractivity contribution is 9.10. The normalized spacial score (nSPS) is 11.4. The Kier molecular flexibility index (Phi) is 5.23. The number of hydrogen-bond donors (Lipinski definition) is 1. The molecule has 0 saturated carbocycles. The van der Waals surface area contributed by atoms with Gasteiger partial charge in [-0.3, -0.25) is 9.36 Å². The fourth-order valence-electron chi connectivity index (χ4n) is 3.24. The Morgan fingerprint density at radius 1 is 1.17 bits per heavy atom. The lowest BCUT2D eigenvalue weighted by Gasteiger charge is -2.12. The summed E-state index contributed by atoms with van der Waals surface area (Å²) in [5.74, 6) is 0.508. The molecule has 0 aliphatic rings. The van der Waals surface area contributed by atoms with Crippen LogP contribution in [-0.2, 0) is 12.3 Å². The van der Waals surface area contributed by atoms with Crippen molar-refractivity contribution in [3.63, 3.8) is 0 Å². The van der Waals surface area contributed by atoms with E-state index in [1.54, 1.807) is 29.7 Å². The predicted octanol–water partition coefficient (Wildman–Crippen LogP) is 4.59. The molecule has 0 saturated heterocycles. The highest BCUT2D eigenvalue weighted by Gasteiger charge is 2.14. The van der Waals surface area contributed by atoms with Crippen molar-refractivity contribution in [2.45, 2.75) is 31.3 Å². The zero-order chi connectivity index (χ0) is 20.7. The van der Waals surface area contributed by atoms with Crippen LogP contribution in [0, 0.1) is 6.92 Å². The summed E-state index contributed by atoms with van der Waals surface area (Å²) in [5.41, 5.74) is 1.70.